The van der Waals surface area contributed by atoms with Crippen LogP contribution in [-0.4, -0.2) is 5.16 Å². The molecule has 0 unspecified atom stereocenters. The molecule has 0 fully saturated rings. The Morgan fingerprint density at radius 3 is 2.68 bits per heavy atom. The Bertz CT molecular complexity index is 785. The quantitative estimate of drug-likeness (QED) is 0.668. The highest BCUT2D eigenvalue weighted by atomic mass is 35.5. The SMILES string of the molecule is Nc1ccc(-c2cccc3onc(N)c23)c(F)c1Cl. The first-order valence-corrected chi connectivity index (χ1v) is 5.85. The number of halogens is 2. The predicted octanol–water partition coefficient (Wildman–Crippen LogP) is 3.45. The number of nitrogens with zero attached hydrogens (tertiary/aromatic N) is 1. The minimum atomic E-state index is -0.588. The number of anilines is 2. The van der Waals surface area contributed by atoms with Gasteiger partial charge in [0.05, 0.1) is 16.1 Å². The summed E-state index contributed by atoms with van der Waals surface area (Å²) in [6.45, 7) is 0. The van der Waals surface area contributed by atoms with Gasteiger partial charge in [0.15, 0.2) is 17.2 Å². The van der Waals surface area contributed by atoms with Gasteiger partial charge in [0.2, 0.25) is 0 Å². The van der Waals surface area contributed by atoms with E-state index in [0.29, 0.717) is 22.1 Å². The van der Waals surface area contributed by atoms with Crippen LogP contribution in [0.4, 0.5) is 15.9 Å². The average molecular weight is 278 g/mol. The van der Waals surface area contributed by atoms with Crippen LogP contribution in [0.2, 0.25) is 5.02 Å². The zero-order chi connectivity index (χ0) is 13.6. The van der Waals surface area contributed by atoms with E-state index in [1.165, 1.54) is 0 Å². The molecule has 0 amide bonds. The van der Waals surface area contributed by atoms with Crippen LogP contribution in [0.1, 0.15) is 0 Å². The zero-order valence-electron chi connectivity index (χ0n) is 9.65. The Morgan fingerprint density at radius 2 is 1.89 bits per heavy atom. The summed E-state index contributed by atoms with van der Waals surface area (Å²) in [7, 11) is 0. The maximum Gasteiger partial charge on any atom is 0.175 e. The lowest BCUT2D eigenvalue weighted by Crippen LogP contribution is -1.93. The van der Waals surface area contributed by atoms with E-state index in [2.05, 4.69) is 5.16 Å². The first kappa shape index (κ1) is 11.8. The summed E-state index contributed by atoms with van der Waals surface area (Å²) in [4.78, 5) is 0. The van der Waals surface area contributed by atoms with Gasteiger partial charge in [0.1, 0.15) is 0 Å². The van der Waals surface area contributed by atoms with Crippen molar-refractivity contribution in [2.24, 2.45) is 0 Å². The second kappa shape index (κ2) is 4.13. The summed E-state index contributed by atoms with van der Waals surface area (Å²) >= 11 is 5.83. The van der Waals surface area contributed by atoms with E-state index >= 15 is 0 Å². The number of aromatic nitrogens is 1. The van der Waals surface area contributed by atoms with Gasteiger partial charge in [-0.2, -0.15) is 0 Å². The van der Waals surface area contributed by atoms with Gasteiger partial charge in [-0.15, -0.1) is 0 Å². The number of hydrogen-bond acceptors (Lipinski definition) is 4. The maximum absolute atomic E-state index is 14.2. The van der Waals surface area contributed by atoms with Gasteiger partial charge in [-0.05, 0) is 23.8 Å². The van der Waals surface area contributed by atoms with Gasteiger partial charge in [0.25, 0.3) is 0 Å². The molecule has 4 nitrogen and oxygen atoms in total. The fourth-order valence-electron chi connectivity index (χ4n) is 2.01. The molecule has 0 radical (unpaired) electrons. The fourth-order valence-corrected chi connectivity index (χ4v) is 2.18. The highest BCUT2D eigenvalue weighted by Crippen LogP contribution is 2.37. The van der Waals surface area contributed by atoms with Crippen LogP contribution in [0.25, 0.3) is 22.1 Å². The standard InChI is InChI=1S/C13H9ClFN3O/c14-11-8(16)5-4-7(12(11)15)6-2-1-3-9-10(6)13(17)18-19-9/h1-5H,16H2,(H2,17,18). The summed E-state index contributed by atoms with van der Waals surface area (Å²) < 4.78 is 19.3. The van der Waals surface area contributed by atoms with Crippen LogP contribution < -0.4 is 11.5 Å². The average Bonchev–Trinajstić information content (AvgIpc) is 2.79. The van der Waals surface area contributed by atoms with E-state index in [1.54, 1.807) is 30.3 Å². The Hall–Kier alpha value is -2.27. The molecule has 2 aromatic carbocycles. The summed E-state index contributed by atoms with van der Waals surface area (Å²) in [5, 5.41) is 4.12. The summed E-state index contributed by atoms with van der Waals surface area (Å²) in [5.74, 6) is -0.382. The third-order valence-corrected chi connectivity index (χ3v) is 3.31. The Balaban J connectivity index is 2.37. The van der Waals surface area contributed by atoms with Crippen molar-refractivity contribution in [3.05, 3.63) is 41.2 Å². The van der Waals surface area contributed by atoms with Crippen LogP contribution in [0, 0.1) is 5.82 Å². The monoisotopic (exact) mass is 277 g/mol. The molecule has 1 aromatic heterocycles. The Labute approximate surface area is 112 Å². The zero-order valence-corrected chi connectivity index (χ0v) is 10.4. The molecule has 4 N–H and O–H groups in total. The fraction of sp³-hybridized carbons (Fsp3) is 0. The topological polar surface area (TPSA) is 78.1 Å². The van der Waals surface area contributed by atoms with Gasteiger partial charge in [-0.25, -0.2) is 4.39 Å². The lowest BCUT2D eigenvalue weighted by molar-refractivity contribution is 0.460. The van der Waals surface area contributed by atoms with Crippen molar-refractivity contribution < 1.29 is 8.91 Å². The Morgan fingerprint density at radius 1 is 1.11 bits per heavy atom. The molecule has 6 heteroatoms. The van der Waals surface area contributed by atoms with Crippen molar-refractivity contribution in [3.8, 4) is 11.1 Å². The molecule has 0 bridgehead atoms. The van der Waals surface area contributed by atoms with E-state index in [4.69, 9.17) is 27.6 Å². The van der Waals surface area contributed by atoms with E-state index in [-0.39, 0.29) is 16.5 Å². The maximum atomic E-state index is 14.2. The van der Waals surface area contributed by atoms with Gasteiger partial charge in [-0.3, -0.25) is 0 Å². The number of rotatable bonds is 1. The Kier molecular flexibility index (Phi) is 2.57. The first-order valence-electron chi connectivity index (χ1n) is 5.47. The molecule has 0 spiro atoms. The largest absolute Gasteiger partial charge is 0.397 e. The van der Waals surface area contributed by atoms with Gasteiger partial charge in [-0.1, -0.05) is 28.9 Å². The van der Waals surface area contributed by atoms with E-state index < -0.39 is 5.82 Å². The molecular weight excluding hydrogens is 269 g/mol. The van der Waals surface area contributed by atoms with Crippen molar-refractivity contribution in [2.75, 3.05) is 11.5 Å². The molecule has 1 heterocycles. The number of fused-ring (bicyclic) bond motifs is 1. The number of hydrogen-bond donors (Lipinski definition) is 2. The molecule has 0 atom stereocenters. The number of benzene rings is 2. The molecule has 0 aliphatic carbocycles. The molecular formula is C13H9ClFN3O. The van der Waals surface area contributed by atoms with Crippen molar-refractivity contribution in [1.29, 1.82) is 0 Å². The van der Waals surface area contributed by atoms with Crippen molar-refractivity contribution in [3.63, 3.8) is 0 Å². The molecule has 19 heavy (non-hydrogen) atoms. The van der Waals surface area contributed by atoms with Gasteiger partial charge in [0, 0.05) is 5.56 Å². The number of nitrogens with two attached hydrogens (primary N) is 2. The van der Waals surface area contributed by atoms with Crippen molar-refractivity contribution in [2.45, 2.75) is 0 Å². The normalized spacial score (nSPS) is 11.1. The van der Waals surface area contributed by atoms with E-state index in [0.717, 1.165) is 0 Å². The van der Waals surface area contributed by atoms with Crippen LogP contribution in [0.5, 0.6) is 0 Å². The molecule has 3 aromatic rings. The highest BCUT2D eigenvalue weighted by molar-refractivity contribution is 6.33. The van der Waals surface area contributed by atoms with Crippen LogP contribution >= 0.6 is 11.6 Å². The lowest BCUT2D eigenvalue weighted by atomic mass is 10.0. The highest BCUT2D eigenvalue weighted by Gasteiger charge is 2.17. The van der Waals surface area contributed by atoms with Crippen molar-refractivity contribution >= 4 is 34.1 Å². The summed E-state index contributed by atoms with van der Waals surface area (Å²) in [5.41, 5.74) is 12.9. The second-order valence-corrected chi connectivity index (χ2v) is 4.45. The molecule has 0 saturated carbocycles. The van der Waals surface area contributed by atoms with E-state index in [9.17, 15) is 4.39 Å². The third-order valence-electron chi connectivity index (χ3n) is 2.93. The lowest BCUT2D eigenvalue weighted by Gasteiger charge is -2.08. The molecule has 96 valence electrons. The minimum Gasteiger partial charge on any atom is -0.397 e. The van der Waals surface area contributed by atoms with Gasteiger partial charge >= 0.3 is 0 Å². The smallest absolute Gasteiger partial charge is 0.175 e. The minimum absolute atomic E-state index is 0.107. The van der Waals surface area contributed by atoms with E-state index in [1.807, 2.05) is 0 Å². The molecule has 0 saturated heterocycles. The van der Waals surface area contributed by atoms with Crippen LogP contribution in [0.15, 0.2) is 34.9 Å². The van der Waals surface area contributed by atoms with Crippen LogP contribution in [0.3, 0.4) is 0 Å². The van der Waals surface area contributed by atoms with Gasteiger partial charge < -0.3 is 16.0 Å². The molecule has 0 aliphatic heterocycles. The first-order chi connectivity index (χ1) is 9.09. The molecule has 0 aliphatic rings. The summed E-state index contributed by atoms with van der Waals surface area (Å²) in [6, 6.07) is 8.26. The third kappa shape index (κ3) is 1.70. The van der Waals surface area contributed by atoms with Crippen molar-refractivity contribution in [1.82, 2.24) is 5.16 Å². The summed E-state index contributed by atoms with van der Waals surface area (Å²) in [6.07, 6.45) is 0. The van der Waals surface area contributed by atoms with Crippen LogP contribution in [-0.2, 0) is 0 Å². The predicted molar refractivity (Wildman–Crippen MR) is 73.2 cm³/mol. The number of nitrogen functional groups attached to an aromatic ring is 2. The molecule has 3 rings (SSSR count). The second-order valence-electron chi connectivity index (χ2n) is 4.08.